The van der Waals surface area contributed by atoms with E-state index in [-0.39, 0.29) is 18.6 Å². The normalized spacial score (nSPS) is 19.2. The Morgan fingerprint density at radius 2 is 2.30 bits per heavy atom. The van der Waals surface area contributed by atoms with Crippen molar-refractivity contribution < 1.29 is 9.53 Å². The molecule has 0 aromatic heterocycles. The second-order valence-electron chi connectivity index (χ2n) is 5.76. The number of nitrogens with two attached hydrogens (primary N) is 1. The van der Waals surface area contributed by atoms with Crippen LogP contribution in [0, 0.1) is 0 Å². The SMILES string of the molecule is CC(C)c1cccc(OCC(=O)N2CCCC(N)C2)c1. The first kappa shape index (κ1) is 14.9. The lowest BCUT2D eigenvalue weighted by molar-refractivity contribution is -0.134. The molecule has 1 atom stereocenters. The van der Waals surface area contributed by atoms with Crippen molar-refractivity contribution in [3.63, 3.8) is 0 Å². The van der Waals surface area contributed by atoms with Gasteiger partial charge in [-0.25, -0.2) is 0 Å². The lowest BCUT2D eigenvalue weighted by Gasteiger charge is -2.30. The van der Waals surface area contributed by atoms with E-state index >= 15 is 0 Å². The number of ether oxygens (including phenoxy) is 1. The van der Waals surface area contributed by atoms with Crippen molar-refractivity contribution in [2.75, 3.05) is 19.7 Å². The number of carbonyl (C=O) groups is 1. The summed E-state index contributed by atoms with van der Waals surface area (Å²) in [5.74, 6) is 1.23. The molecule has 0 aliphatic carbocycles. The van der Waals surface area contributed by atoms with Gasteiger partial charge in [0.2, 0.25) is 0 Å². The molecule has 2 rings (SSSR count). The number of amides is 1. The molecule has 0 spiro atoms. The average Bonchev–Trinajstić information content (AvgIpc) is 2.45. The van der Waals surface area contributed by atoms with Gasteiger partial charge in [0, 0.05) is 19.1 Å². The molecule has 2 N–H and O–H groups in total. The van der Waals surface area contributed by atoms with Gasteiger partial charge in [-0.1, -0.05) is 26.0 Å². The first-order chi connectivity index (χ1) is 9.56. The number of carbonyl (C=O) groups excluding carboxylic acids is 1. The second kappa shape index (κ2) is 6.75. The van der Waals surface area contributed by atoms with E-state index in [2.05, 4.69) is 19.9 Å². The summed E-state index contributed by atoms with van der Waals surface area (Å²) in [6.07, 6.45) is 1.98. The minimum Gasteiger partial charge on any atom is -0.484 e. The minimum atomic E-state index is 0.0232. The van der Waals surface area contributed by atoms with Crippen molar-refractivity contribution in [1.82, 2.24) is 4.90 Å². The van der Waals surface area contributed by atoms with Crippen LogP contribution in [0.1, 0.15) is 38.2 Å². The lowest BCUT2D eigenvalue weighted by atomic mass is 10.0. The highest BCUT2D eigenvalue weighted by molar-refractivity contribution is 5.77. The molecule has 1 unspecified atom stereocenters. The molecule has 1 saturated heterocycles. The van der Waals surface area contributed by atoms with Crippen LogP contribution in [0.15, 0.2) is 24.3 Å². The van der Waals surface area contributed by atoms with Gasteiger partial charge in [0.25, 0.3) is 5.91 Å². The first-order valence-electron chi connectivity index (χ1n) is 7.32. The maximum atomic E-state index is 12.1. The van der Waals surface area contributed by atoms with Crippen LogP contribution in [-0.2, 0) is 4.79 Å². The molecule has 1 aromatic carbocycles. The van der Waals surface area contributed by atoms with E-state index in [1.165, 1.54) is 5.56 Å². The maximum Gasteiger partial charge on any atom is 0.260 e. The molecule has 0 saturated carbocycles. The van der Waals surface area contributed by atoms with Gasteiger partial charge in [0.15, 0.2) is 6.61 Å². The molecule has 20 heavy (non-hydrogen) atoms. The summed E-state index contributed by atoms with van der Waals surface area (Å²) in [5, 5.41) is 0. The van der Waals surface area contributed by atoms with Gasteiger partial charge in [0.05, 0.1) is 0 Å². The number of piperidine rings is 1. The van der Waals surface area contributed by atoms with Crippen LogP contribution < -0.4 is 10.5 Å². The molecule has 110 valence electrons. The van der Waals surface area contributed by atoms with Crippen LogP contribution in [0.2, 0.25) is 0 Å². The van der Waals surface area contributed by atoms with E-state index in [1.54, 1.807) is 4.90 Å². The first-order valence-corrected chi connectivity index (χ1v) is 7.32. The van der Waals surface area contributed by atoms with Crippen molar-refractivity contribution >= 4 is 5.91 Å². The number of rotatable bonds is 4. The second-order valence-corrected chi connectivity index (χ2v) is 5.76. The van der Waals surface area contributed by atoms with Crippen LogP contribution in [-0.4, -0.2) is 36.5 Å². The summed E-state index contributed by atoms with van der Waals surface area (Å²) in [6.45, 7) is 5.81. The van der Waals surface area contributed by atoms with E-state index in [0.717, 1.165) is 25.1 Å². The van der Waals surface area contributed by atoms with Crippen LogP contribution in [0.3, 0.4) is 0 Å². The minimum absolute atomic E-state index is 0.0232. The fourth-order valence-corrected chi connectivity index (χ4v) is 2.44. The zero-order valence-electron chi connectivity index (χ0n) is 12.3. The highest BCUT2D eigenvalue weighted by atomic mass is 16.5. The summed E-state index contributed by atoms with van der Waals surface area (Å²) < 4.78 is 5.62. The molecule has 1 aliphatic rings. The van der Waals surface area contributed by atoms with Gasteiger partial charge >= 0.3 is 0 Å². The smallest absolute Gasteiger partial charge is 0.260 e. The van der Waals surface area contributed by atoms with Crippen LogP contribution in [0.4, 0.5) is 0 Å². The number of hydrogen-bond acceptors (Lipinski definition) is 3. The monoisotopic (exact) mass is 276 g/mol. The fraction of sp³-hybridized carbons (Fsp3) is 0.562. The third-order valence-corrected chi connectivity index (χ3v) is 3.70. The van der Waals surface area contributed by atoms with E-state index < -0.39 is 0 Å². The lowest BCUT2D eigenvalue weighted by Crippen LogP contribution is -2.47. The molecule has 1 amide bonds. The molecular formula is C16H24N2O2. The summed E-state index contributed by atoms with van der Waals surface area (Å²) in [5.41, 5.74) is 7.11. The summed E-state index contributed by atoms with van der Waals surface area (Å²) in [7, 11) is 0. The molecule has 4 nitrogen and oxygen atoms in total. The van der Waals surface area contributed by atoms with Crippen molar-refractivity contribution in [3.8, 4) is 5.75 Å². The number of nitrogens with zero attached hydrogens (tertiary/aromatic N) is 1. The molecule has 1 aliphatic heterocycles. The molecule has 0 bridgehead atoms. The van der Waals surface area contributed by atoms with Crippen LogP contribution in [0.25, 0.3) is 0 Å². The van der Waals surface area contributed by atoms with Crippen LogP contribution >= 0.6 is 0 Å². The van der Waals surface area contributed by atoms with Crippen molar-refractivity contribution in [1.29, 1.82) is 0 Å². The molecule has 1 aromatic rings. The molecule has 1 fully saturated rings. The van der Waals surface area contributed by atoms with Crippen molar-refractivity contribution in [2.24, 2.45) is 5.73 Å². The third kappa shape index (κ3) is 3.97. The largest absolute Gasteiger partial charge is 0.484 e. The standard InChI is InChI=1S/C16H24N2O2/c1-12(2)13-5-3-7-15(9-13)20-11-16(19)18-8-4-6-14(17)10-18/h3,5,7,9,12,14H,4,6,8,10-11,17H2,1-2H3. The fourth-order valence-electron chi connectivity index (χ4n) is 2.44. The Hall–Kier alpha value is -1.55. The Labute approximate surface area is 120 Å². The highest BCUT2D eigenvalue weighted by Gasteiger charge is 2.21. The van der Waals surface area contributed by atoms with E-state index in [0.29, 0.717) is 12.5 Å². The van der Waals surface area contributed by atoms with Crippen molar-refractivity contribution in [2.45, 2.75) is 38.6 Å². The zero-order valence-corrected chi connectivity index (χ0v) is 12.3. The Kier molecular flexibility index (Phi) is 5.01. The van der Waals surface area contributed by atoms with Crippen molar-refractivity contribution in [3.05, 3.63) is 29.8 Å². The average molecular weight is 276 g/mol. The van der Waals surface area contributed by atoms with E-state index in [1.807, 2.05) is 18.2 Å². The number of likely N-dealkylation sites (tertiary alicyclic amines) is 1. The number of hydrogen-bond donors (Lipinski definition) is 1. The third-order valence-electron chi connectivity index (χ3n) is 3.70. The van der Waals surface area contributed by atoms with Crippen LogP contribution in [0.5, 0.6) is 5.75 Å². The summed E-state index contributed by atoms with van der Waals surface area (Å²) >= 11 is 0. The summed E-state index contributed by atoms with van der Waals surface area (Å²) in [6, 6.07) is 8.03. The molecular weight excluding hydrogens is 252 g/mol. The zero-order chi connectivity index (χ0) is 14.5. The van der Waals surface area contributed by atoms with Gasteiger partial charge in [-0.05, 0) is 36.5 Å². The van der Waals surface area contributed by atoms with Gasteiger partial charge in [0.1, 0.15) is 5.75 Å². The van der Waals surface area contributed by atoms with Gasteiger partial charge in [-0.2, -0.15) is 0 Å². The number of benzene rings is 1. The Morgan fingerprint density at radius 1 is 1.50 bits per heavy atom. The van der Waals surface area contributed by atoms with E-state index in [4.69, 9.17) is 10.5 Å². The van der Waals surface area contributed by atoms with Gasteiger partial charge < -0.3 is 15.4 Å². The predicted molar refractivity (Wildman–Crippen MR) is 79.8 cm³/mol. The molecule has 1 heterocycles. The predicted octanol–water partition coefficient (Wildman–Crippen LogP) is 2.14. The Balaban J connectivity index is 1.88. The molecule has 4 heteroatoms. The molecule has 0 radical (unpaired) electrons. The Morgan fingerprint density at radius 3 is 3.00 bits per heavy atom. The highest BCUT2D eigenvalue weighted by Crippen LogP contribution is 2.20. The quantitative estimate of drug-likeness (QED) is 0.916. The van der Waals surface area contributed by atoms with E-state index in [9.17, 15) is 4.79 Å². The maximum absolute atomic E-state index is 12.1. The van der Waals surface area contributed by atoms with Gasteiger partial charge in [-0.15, -0.1) is 0 Å². The van der Waals surface area contributed by atoms with Gasteiger partial charge in [-0.3, -0.25) is 4.79 Å². The Bertz CT molecular complexity index is 460. The topological polar surface area (TPSA) is 55.6 Å². The summed E-state index contributed by atoms with van der Waals surface area (Å²) in [4.78, 5) is 13.9.